The van der Waals surface area contributed by atoms with Crippen molar-refractivity contribution in [3.63, 3.8) is 0 Å². The van der Waals surface area contributed by atoms with Crippen LogP contribution in [0.1, 0.15) is 31.2 Å². The van der Waals surface area contributed by atoms with Crippen molar-refractivity contribution in [2.75, 3.05) is 24.3 Å². The molecule has 100 valence electrons. The van der Waals surface area contributed by atoms with Crippen LogP contribution in [0.5, 0.6) is 0 Å². The second-order valence-corrected chi connectivity index (χ2v) is 5.65. The van der Waals surface area contributed by atoms with Gasteiger partial charge in [0.15, 0.2) is 0 Å². The van der Waals surface area contributed by atoms with Crippen LogP contribution in [-0.2, 0) is 0 Å². The highest BCUT2D eigenvalue weighted by atomic mass is 15.1. The zero-order valence-electron chi connectivity index (χ0n) is 11.7. The van der Waals surface area contributed by atoms with Gasteiger partial charge in [-0.1, -0.05) is 6.07 Å². The summed E-state index contributed by atoms with van der Waals surface area (Å²) in [5, 5.41) is 3.64. The molecule has 3 heteroatoms. The van der Waals surface area contributed by atoms with Crippen molar-refractivity contribution >= 4 is 11.4 Å². The van der Waals surface area contributed by atoms with Crippen LogP contribution in [0.3, 0.4) is 0 Å². The molecule has 18 heavy (non-hydrogen) atoms. The third-order valence-corrected chi connectivity index (χ3v) is 3.83. The molecule has 1 fully saturated rings. The molecule has 0 unspecified atom stereocenters. The van der Waals surface area contributed by atoms with E-state index in [-0.39, 0.29) is 0 Å². The average Bonchev–Trinajstić information content (AvgIpc) is 2.34. The molecule has 3 N–H and O–H groups in total. The molecular weight excluding hydrogens is 222 g/mol. The molecule has 0 radical (unpaired) electrons. The summed E-state index contributed by atoms with van der Waals surface area (Å²) >= 11 is 0. The predicted octanol–water partition coefficient (Wildman–Crippen LogP) is 2.74. The third-order valence-electron chi connectivity index (χ3n) is 3.83. The molecule has 3 nitrogen and oxygen atoms in total. The molecule has 0 aromatic heterocycles. The maximum atomic E-state index is 5.94. The van der Waals surface area contributed by atoms with Crippen LogP contribution < -0.4 is 16.0 Å². The van der Waals surface area contributed by atoms with E-state index in [1.165, 1.54) is 29.8 Å². The lowest BCUT2D eigenvalue weighted by Crippen LogP contribution is -2.32. The van der Waals surface area contributed by atoms with Gasteiger partial charge in [-0.05, 0) is 50.3 Å². The molecule has 1 aromatic rings. The van der Waals surface area contributed by atoms with Crippen molar-refractivity contribution in [3.8, 4) is 0 Å². The number of hydrogen-bond donors (Lipinski definition) is 2. The molecule has 0 saturated heterocycles. The first-order valence-electron chi connectivity index (χ1n) is 6.86. The Balaban J connectivity index is 2.03. The molecule has 0 amide bonds. The van der Waals surface area contributed by atoms with Crippen molar-refractivity contribution in [2.45, 2.75) is 44.7 Å². The molecule has 0 aliphatic heterocycles. The van der Waals surface area contributed by atoms with Gasteiger partial charge in [-0.2, -0.15) is 0 Å². The molecule has 1 aliphatic rings. The van der Waals surface area contributed by atoms with Crippen molar-refractivity contribution in [1.29, 1.82) is 0 Å². The van der Waals surface area contributed by atoms with E-state index >= 15 is 0 Å². The van der Waals surface area contributed by atoms with E-state index in [1.807, 2.05) is 0 Å². The van der Waals surface area contributed by atoms with Gasteiger partial charge in [0.1, 0.15) is 0 Å². The van der Waals surface area contributed by atoms with E-state index in [1.54, 1.807) is 0 Å². The van der Waals surface area contributed by atoms with E-state index in [0.717, 1.165) is 12.8 Å². The summed E-state index contributed by atoms with van der Waals surface area (Å²) in [6, 6.07) is 7.60. The fourth-order valence-electron chi connectivity index (χ4n) is 2.68. The Morgan fingerprint density at radius 3 is 2.44 bits per heavy atom. The van der Waals surface area contributed by atoms with Crippen LogP contribution in [0.15, 0.2) is 18.2 Å². The SMILES string of the molecule is Cc1ccc(NC2CCC(N)CC2)cc1N(C)C. The zero-order chi connectivity index (χ0) is 13.1. The van der Waals surface area contributed by atoms with Gasteiger partial charge in [-0.25, -0.2) is 0 Å². The molecular formula is C15H25N3. The van der Waals surface area contributed by atoms with Crippen molar-refractivity contribution in [2.24, 2.45) is 5.73 Å². The highest BCUT2D eigenvalue weighted by Gasteiger charge is 2.18. The maximum absolute atomic E-state index is 5.94. The van der Waals surface area contributed by atoms with E-state index in [4.69, 9.17) is 5.73 Å². The first kappa shape index (κ1) is 13.2. The van der Waals surface area contributed by atoms with Crippen molar-refractivity contribution in [1.82, 2.24) is 0 Å². The Morgan fingerprint density at radius 1 is 1.17 bits per heavy atom. The standard InChI is InChI=1S/C15H25N3/c1-11-4-7-14(10-15(11)18(2)3)17-13-8-5-12(16)6-9-13/h4,7,10,12-13,17H,5-6,8-9,16H2,1-3H3. The van der Waals surface area contributed by atoms with Gasteiger partial charge in [0, 0.05) is 37.6 Å². The van der Waals surface area contributed by atoms with Crippen molar-refractivity contribution in [3.05, 3.63) is 23.8 Å². The molecule has 1 aliphatic carbocycles. The summed E-state index contributed by atoms with van der Waals surface area (Å²) in [5.41, 5.74) is 9.77. The summed E-state index contributed by atoms with van der Waals surface area (Å²) in [7, 11) is 4.18. The fourth-order valence-corrected chi connectivity index (χ4v) is 2.68. The lowest BCUT2D eigenvalue weighted by atomic mass is 9.91. The summed E-state index contributed by atoms with van der Waals surface area (Å²) < 4.78 is 0. The minimum Gasteiger partial charge on any atom is -0.382 e. The summed E-state index contributed by atoms with van der Waals surface area (Å²) in [6.07, 6.45) is 4.66. The highest BCUT2D eigenvalue weighted by molar-refractivity contribution is 5.62. The molecule has 0 bridgehead atoms. The molecule has 0 spiro atoms. The van der Waals surface area contributed by atoms with Crippen LogP contribution in [0.25, 0.3) is 0 Å². The normalized spacial score (nSPS) is 23.8. The number of hydrogen-bond acceptors (Lipinski definition) is 3. The molecule has 1 aromatic carbocycles. The first-order valence-corrected chi connectivity index (χ1v) is 6.86. The van der Waals surface area contributed by atoms with Crippen LogP contribution in [0, 0.1) is 6.92 Å². The number of nitrogens with two attached hydrogens (primary N) is 1. The number of nitrogens with zero attached hydrogens (tertiary/aromatic N) is 1. The van der Waals surface area contributed by atoms with Gasteiger partial charge < -0.3 is 16.0 Å². The minimum absolute atomic E-state index is 0.415. The second kappa shape index (κ2) is 5.61. The molecule has 2 rings (SSSR count). The largest absolute Gasteiger partial charge is 0.382 e. The zero-order valence-corrected chi connectivity index (χ0v) is 11.7. The Morgan fingerprint density at radius 2 is 1.83 bits per heavy atom. The molecule has 0 heterocycles. The van der Waals surface area contributed by atoms with E-state index in [2.05, 4.69) is 49.4 Å². The van der Waals surface area contributed by atoms with Crippen LogP contribution in [0.2, 0.25) is 0 Å². The maximum Gasteiger partial charge on any atom is 0.0411 e. The predicted molar refractivity (Wildman–Crippen MR) is 79.4 cm³/mol. The number of nitrogens with one attached hydrogen (secondary N) is 1. The van der Waals surface area contributed by atoms with Gasteiger partial charge in [-0.15, -0.1) is 0 Å². The Hall–Kier alpha value is -1.22. The number of anilines is 2. The summed E-state index contributed by atoms with van der Waals surface area (Å²) in [4.78, 5) is 2.16. The Bertz CT molecular complexity index is 393. The molecule has 0 atom stereocenters. The number of aryl methyl sites for hydroxylation is 1. The fraction of sp³-hybridized carbons (Fsp3) is 0.600. The third kappa shape index (κ3) is 3.16. The smallest absolute Gasteiger partial charge is 0.0411 e. The van der Waals surface area contributed by atoms with E-state index in [9.17, 15) is 0 Å². The first-order chi connectivity index (χ1) is 8.56. The Kier molecular flexibility index (Phi) is 4.12. The Labute approximate surface area is 110 Å². The van der Waals surface area contributed by atoms with E-state index < -0.39 is 0 Å². The average molecular weight is 247 g/mol. The van der Waals surface area contributed by atoms with Crippen molar-refractivity contribution < 1.29 is 0 Å². The highest BCUT2D eigenvalue weighted by Crippen LogP contribution is 2.26. The lowest BCUT2D eigenvalue weighted by molar-refractivity contribution is 0.411. The second-order valence-electron chi connectivity index (χ2n) is 5.65. The summed E-state index contributed by atoms with van der Waals surface area (Å²) in [5.74, 6) is 0. The quantitative estimate of drug-likeness (QED) is 0.863. The number of benzene rings is 1. The van der Waals surface area contributed by atoms with Crippen LogP contribution in [0.4, 0.5) is 11.4 Å². The van der Waals surface area contributed by atoms with Gasteiger partial charge in [0.25, 0.3) is 0 Å². The van der Waals surface area contributed by atoms with E-state index in [0.29, 0.717) is 12.1 Å². The van der Waals surface area contributed by atoms with Gasteiger partial charge >= 0.3 is 0 Å². The topological polar surface area (TPSA) is 41.3 Å². The van der Waals surface area contributed by atoms with Gasteiger partial charge in [-0.3, -0.25) is 0 Å². The molecule has 1 saturated carbocycles. The minimum atomic E-state index is 0.415. The van der Waals surface area contributed by atoms with Crippen LogP contribution in [-0.4, -0.2) is 26.2 Å². The summed E-state index contributed by atoms with van der Waals surface area (Å²) in [6.45, 7) is 2.15. The monoisotopic (exact) mass is 247 g/mol. The number of rotatable bonds is 3. The van der Waals surface area contributed by atoms with Crippen LogP contribution >= 0.6 is 0 Å². The van der Waals surface area contributed by atoms with Gasteiger partial charge in [0.05, 0.1) is 0 Å². The van der Waals surface area contributed by atoms with Gasteiger partial charge in [0.2, 0.25) is 0 Å². The lowest BCUT2D eigenvalue weighted by Gasteiger charge is -2.28.